The Kier molecular flexibility index (Phi) is 4.78. The summed E-state index contributed by atoms with van der Waals surface area (Å²) in [5.41, 5.74) is 0.124. The lowest BCUT2D eigenvalue weighted by Gasteiger charge is -2.48. The predicted octanol–water partition coefficient (Wildman–Crippen LogP) is 2.07. The van der Waals surface area contributed by atoms with Crippen molar-refractivity contribution in [2.45, 2.75) is 31.8 Å². The van der Waals surface area contributed by atoms with Gasteiger partial charge >= 0.3 is 0 Å². The van der Waals surface area contributed by atoms with Gasteiger partial charge in [0.15, 0.2) is 0 Å². The van der Waals surface area contributed by atoms with Crippen LogP contribution in [0.2, 0.25) is 0 Å². The second kappa shape index (κ2) is 6.69. The zero-order valence-electron chi connectivity index (χ0n) is 14.4. The van der Waals surface area contributed by atoms with Crippen LogP contribution in [0, 0.1) is 0 Å². The molecule has 1 atom stereocenters. The van der Waals surface area contributed by atoms with E-state index < -0.39 is 5.54 Å². The van der Waals surface area contributed by atoms with E-state index in [1.807, 2.05) is 32.7 Å². The van der Waals surface area contributed by atoms with Crippen LogP contribution in [0.3, 0.4) is 0 Å². The van der Waals surface area contributed by atoms with Gasteiger partial charge in [0.05, 0.1) is 5.56 Å². The van der Waals surface area contributed by atoms with E-state index in [0.29, 0.717) is 26.1 Å². The maximum atomic E-state index is 13.2. The lowest BCUT2D eigenvalue weighted by atomic mass is 9.90. The van der Waals surface area contributed by atoms with E-state index in [2.05, 4.69) is 25.3 Å². The molecule has 1 unspecified atom stereocenters. The summed E-state index contributed by atoms with van der Waals surface area (Å²) < 4.78 is 0. The number of carbonyl (C=O) groups is 2. The van der Waals surface area contributed by atoms with Crippen molar-refractivity contribution in [1.82, 2.24) is 14.7 Å². The Morgan fingerprint density at radius 3 is 2.83 bits per heavy atom. The van der Waals surface area contributed by atoms with E-state index in [4.69, 9.17) is 0 Å². The second-order valence-electron chi connectivity index (χ2n) is 6.85. The van der Waals surface area contributed by atoms with Gasteiger partial charge in [-0.3, -0.25) is 14.5 Å². The average Bonchev–Trinajstić information content (AvgIpc) is 3.22. The lowest BCUT2D eigenvalue weighted by Crippen LogP contribution is -2.68. The summed E-state index contributed by atoms with van der Waals surface area (Å²) in [4.78, 5) is 31.9. The summed E-state index contributed by atoms with van der Waals surface area (Å²) in [6.07, 6.45) is 2.54. The van der Waals surface area contributed by atoms with Gasteiger partial charge in [0, 0.05) is 44.1 Å². The molecule has 5 nitrogen and oxygen atoms in total. The average molecular weight is 347 g/mol. The van der Waals surface area contributed by atoms with Crippen molar-refractivity contribution < 1.29 is 9.59 Å². The summed E-state index contributed by atoms with van der Waals surface area (Å²) in [7, 11) is 0. The normalized spacial score (nSPS) is 25.0. The first-order chi connectivity index (χ1) is 11.5. The highest BCUT2D eigenvalue weighted by Gasteiger charge is 2.54. The molecular weight excluding hydrogens is 322 g/mol. The van der Waals surface area contributed by atoms with E-state index >= 15 is 0 Å². The Morgan fingerprint density at radius 1 is 1.42 bits per heavy atom. The van der Waals surface area contributed by atoms with E-state index in [9.17, 15) is 9.59 Å². The van der Waals surface area contributed by atoms with Crippen molar-refractivity contribution >= 4 is 23.2 Å². The molecule has 2 fully saturated rings. The molecule has 0 N–H and O–H groups in total. The number of hydrogen-bond acceptors (Lipinski definition) is 4. The molecule has 1 spiro atoms. The third-order valence-corrected chi connectivity index (χ3v) is 5.83. The van der Waals surface area contributed by atoms with Gasteiger partial charge in [-0.2, -0.15) is 11.3 Å². The number of piperazine rings is 1. The molecule has 130 valence electrons. The summed E-state index contributed by atoms with van der Waals surface area (Å²) in [5.74, 6) is 0.187. The lowest BCUT2D eigenvalue weighted by molar-refractivity contribution is -0.152. The van der Waals surface area contributed by atoms with Crippen LogP contribution in [-0.2, 0) is 4.79 Å². The first-order valence-electron chi connectivity index (χ1n) is 8.48. The summed E-state index contributed by atoms with van der Waals surface area (Å²) in [6.45, 7) is 11.3. The predicted molar refractivity (Wildman–Crippen MR) is 96.2 cm³/mol. The fourth-order valence-electron chi connectivity index (χ4n) is 3.83. The Bertz CT molecular complexity index is 628. The number of nitrogens with zero attached hydrogens (tertiary/aromatic N) is 3. The Balaban J connectivity index is 1.86. The first kappa shape index (κ1) is 17.2. The van der Waals surface area contributed by atoms with Gasteiger partial charge in [0.25, 0.3) is 5.91 Å². The highest BCUT2D eigenvalue weighted by molar-refractivity contribution is 7.08. The summed E-state index contributed by atoms with van der Waals surface area (Å²) >= 11 is 1.52. The molecular formula is C18H25N3O2S. The molecule has 1 aromatic rings. The third kappa shape index (κ3) is 2.78. The van der Waals surface area contributed by atoms with Gasteiger partial charge in [-0.15, -0.1) is 6.58 Å². The molecule has 6 heteroatoms. The minimum absolute atomic E-state index is 0.0288. The van der Waals surface area contributed by atoms with Crippen LogP contribution < -0.4 is 0 Å². The largest absolute Gasteiger partial charge is 0.337 e. The topological polar surface area (TPSA) is 43.9 Å². The van der Waals surface area contributed by atoms with Crippen LogP contribution in [0.15, 0.2) is 29.5 Å². The van der Waals surface area contributed by atoms with Crippen molar-refractivity contribution in [2.24, 2.45) is 0 Å². The monoisotopic (exact) mass is 347 g/mol. The van der Waals surface area contributed by atoms with Crippen LogP contribution in [0.25, 0.3) is 0 Å². The number of hydrogen-bond donors (Lipinski definition) is 0. The smallest absolute Gasteiger partial charge is 0.254 e. The van der Waals surface area contributed by atoms with Gasteiger partial charge < -0.3 is 9.80 Å². The fraction of sp³-hybridized carbons (Fsp3) is 0.556. The second-order valence-corrected chi connectivity index (χ2v) is 7.63. The zero-order chi connectivity index (χ0) is 17.3. The first-order valence-corrected chi connectivity index (χ1v) is 9.42. The standard InChI is InChI=1S/C18H25N3O2S/c1-4-7-20-9-10-21(14(2)3)17(23)18(20)6-8-19(13-18)16(22)15-5-11-24-12-15/h4-5,11-12,14H,1,6-10,13H2,2-3H3. The molecule has 0 bridgehead atoms. The molecule has 3 rings (SSSR count). The molecule has 0 saturated carbocycles. The highest BCUT2D eigenvalue weighted by Crippen LogP contribution is 2.34. The molecule has 2 amide bonds. The number of thiophene rings is 1. The fourth-order valence-corrected chi connectivity index (χ4v) is 4.46. The molecule has 2 aliphatic heterocycles. The van der Waals surface area contributed by atoms with Crippen LogP contribution >= 0.6 is 11.3 Å². The third-order valence-electron chi connectivity index (χ3n) is 5.15. The number of rotatable bonds is 4. The van der Waals surface area contributed by atoms with Crippen LogP contribution in [0.1, 0.15) is 30.6 Å². The number of carbonyl (C=O) groups excluding carboxylic acids is 2. The van der Waals surface area contributed by atoms with E-state index in [-0.39, 0.29) is 17.9 Å². The zero-order valence-corrected chi connectivity index (χ0v) is 15.2. The van der Waals surface area contributed by atoms with E-state index in [0.717, 1.165) is 18.7 Å². The minimum atomic E-state index is -0.595. The molecule has 0 radical (unpaired) electrons. The quantitative estimate of drug-likeness (QED) is 0.783. The highest BCUT2D eigenvalue weighted by atomic mass is 32.1. The van der Waals surface area contributed by atoms with Crippen molar-refractivity contribution in [3.05, 3.63) is 35.0 Å². The Hall–Kier alpha value is -1.66. The molecule has 3 heterocycles. The maximum absolute atomic E-state index is 13.2. The van der Waals surface area contributed by atoms with Crippen LogP contribution in [0.4, 0.5) is 0 Å². The van der Waals surface area contributed by atoms with Gasteiger partial charge in [-0.25, -0.2) is 0 Å². The van der Waals surface area contributed by atoms with E-state index in [1.54, 1.807) is 0 Å². The molecule has 24 heavy (non-hydrogen) atoms. The van der Waals surface area contributed by atoms with Gasteiger partial charge in [0.2, 0.25) is 5.91 Å². The van der Waals surface area contributed by atoms with Crippen molar-refractivity contribution in [1.29, 1.82) is 0 Å². The Labute approximate surface area is 147 Å². The van der Waals surface area contributed by atoms with Crippen LogP contribution in [0.5, 0.6) is 0 Å². The molecule has 1 aromatic heterocycles. The van der Waals surface area contributed by atoms with Crippen molar-refractivity contribution in [2.75, 3.05) is 32.7 Å². The number of amides is 2. The molecule has 0 aliphatic carbocycles. The summed E-state index contributed by atoms with van der Waals surface area (Å²) in [5, 5.41) is 3.79. The van der Waals surface area contributed by atoms with Gasteiger partial charge in [-0.05, 0) is 31.7 Å². The summed E-state index contributed by atoms with van der Waals surface area (Å²) in [6, 6.07) is 2.03. The molecule has 0 aromatic carbocycles. The van der Waals surface area contributed by atoms with Crippen molar-refractivity contribution in [3.8, 4) is 0 Å². The van der Waals surface area contributed by atoms with Crippen LogP contribution in [-0.4, -0.2) is 70.8 Å². The minimum Gasteiger partial charge on any atom is -0.337 e. The Morgan fingerprint density at radius 2 is 2.21 bits per heavy atom. The van der Waals surface area contributed by atoms with Gasteiger partial charge in [-0.1, -0.05) is 6.08 Å². The molecule has 2 aliphatic rings. The van der Waals surface area contributed by atoms with E-state index in [1.165, 1.54) is 11.3 Å². The maximum Gasteiger partial charge on any atom is 0.254 e. The number of likely N-dealkylation sites (tertiary alicyclic amines) is 1. The SMILES string of the molecule is C=CCN1CCN(C(C)C)C(=O)C12CCN(C(=O)c1ccsc1)C2. The van der Waals surface area contributed by atoms with Gasteiger partial charge in [0.1, 0.15) is 5.54 Å². The van der Waals surface area contributed by atoms with Crippen molar-refractivity contribution in [3.63, 3.8) is 0 Å². The molecule has 2 saturated heterocycles.